The first kappa shape index (κ1) is 17.9. The van der Waals surface area contributed by atoms with Gasteiger partial charge in [0, 0.05) is 13.0 Å². The molecule has 2 heterocycles. The van der Waals surface area contributed by atoms with Gasteiger partial charge in [-0.25, -0.2) is 4.39 Å². The minimum atomic E-state index is -0.292. The molecule has 2 saturated heterocycles. The highest BCUT2D eigenvalue weighted by Gasteiger charge is 2.38. The number of carbonyl (C=O) groups excluding carboxylic acids is 2. The van der Waals surface area contributed by atoms with Crippen molar-refractivity contribution in [3.05, 3.63) is 35.6 Å². The SMILES string of the molecule is Cl.O=C1CC(Cc2ccc(F)cc2)C(=O)N1CCC1CCNC1. The van der Waals surface area contributed by atoms with E-state index in [-0.39, 0.29) is 42.4 Å². The first-order valence-corrected chi connectivity index (χ1v) is 7.93. The summed E-state index contributed by atoms with van der Waals surface area (Å²) in [5.41, 5.74) is 0.898. The number of rotatable bonds is 5. The first-order valence-electron chi connectivity index (χ1n) is 7.93. The predicted octanol–water partition coefficient (Wildman–Crippen LogP) is 2.16. The van der Waals surface area contributed by atoms with E-state index in [0.717, 1.165) is 31.5 Å². The molecule has 2 aliphatic heterocycles. The van der Waals surface area contributed by atoms with Crippen molar-refractivity contribution < 1.29 is 14.0 Å². The van der Waals surface area contributed by atoms with E-state index in [0.29, 0.717) is 18.9 Å². The van der Waals surface area contributed by atoms with Gasteiger partial charge < -0.3 is 5.32 Å². The van der Waals surface area contributed by atoms with Crippen LogP contribution in [0.15, 0.2) is 24.3 Å². The van der Waals surface area contributed by atoms with Crippen LogP contribution in [0.1, 0.15) is 24.8 Å². The molecule has 0 aliphatic carbocycles. The van der Waals surface area contributed by atoms with E-state index in [1.165, 1.54) is 17.0 Å². The molecule has 2 aliphatic rings. The van der Waals surface area contributed by atoms with Gasteiger partial charge in [-0.05, 0) is 56.0 Å². The summed E-state index contributed by atoms with van der Waals surface area (Å²) in [6, 6.07) is 6.14. The third-order valence-electron chi connectivity index (χ3n) is 4.66. The Kier molecular flexibility index (Phi) is 6.13. The van der Waals surface area contributed by atoms with Crippen LogP contribution in [0.5, 0.6) is 0 Å². The van der Waals surface area contributed by atoms with Crippen LogP contribution in [0, 0.1) is 17.7 Å². The van der Waals surface area contributed by atoms with Gasteiger partial charge in [-0.1, -0.05) is 12.1 Å². The fraction of sp³-hybridized carbons (Fsp3) is 0.529. The molecule has 0 radical (unpaired) electrons. The van der Waals surface area contributed by atoms with Gasteiger partial charge in [-0.2, -0.15) is 0 Å². The highest BCUT2D eigenvalue weighted by molar-refractivity contribution is 6.03. The average molecular weight is 341 g/mol. The molecule has 2 fully saturated rings. The molecule has 4 nitrogen and oxygen atoms in total. The van der Waals surface area contributed by atoms with Crippen molar-refractivity contribution >= 4 is 24.2 Å². The number of likely N-dealkylation sites (tertiary alicyclic amines) is 1. The molecular weight excluding hydrogens is 319 g/mol. The number of halogens is 2. The maximum Gasteiger partial charge on any atom is 0.233 e. The largest absolute Gasteiger partial charge is 0.316 e. The Morgan fingerprint density at radius 2 is 1.96 bits per heavy atom. The molecule has 0 aromatic heterocycles. The molecule has 0 spiro atoms. The van der Waals surface area contributed by atoms with Crippen molar-refractivity contribution in [3.8, 4) is 0 Å². The molecule has 23 heavy (non-hydrogen) atoms. The van der Waals surface area contributed by atoms with Gasteiger partial charge in [-0.15, -0.1) is 12.4 Å². The zero-order chi connectivity index (χ0) is 15.5. The summed E-state index contributed by atoms with van der Waals surface area (Å²) in [7, 11) is 0. The second-order valence-corrected chi connectivity index (χ2v) is 6.26. The average Bonchev–Trinajstić information content (AvgIpc) is 3.10. The van der Waals surface area contributed by atoms with Gasteiger partial charge in [0.2, 0.25) is 11.8 Å². The Hall–Kier alpha value is -1.46. The van der Waals surface area contributed by atoms with Gasteiger partial charge in [0.05, 0.1) is 5.92 Å². The van der Waals surface area contributed by atoms with E-state index in [4.69, 9.17) is 0 Å². The minimum Gasteiger partial charge on any atom is -0.316 e. The number of hydrogen-bond donors (Lipinski definition) is 1. The summed E-state index contributed by atoms with van der Waals surface area (Å²) in [5, 5.41) is 3.30. The lowest BCUT2D eigenvalue weighted by Crippen LogP contribution is -2.33. The van der Waals surface area contributed by atoms with E-state index < -0.39 is 0 Å². The van der Waals surface area contributed by atoms with Gasteiger partial charge >= 0.3 is 0 Å². The van der Waals surface area contributed by atoms with Crippen LogP contribution in [0.2, 0.25) is 0 Å². The van der Waals surface area contributed by atoms with E-state index in [1.807, 2.05) is 0 Å². The van der Waals surface area contributed by atoms with Gasteiger partial charge in [-0.3, -0.25) is 14.5 Å². The molecule has 6 heteroatoms. The van der Waals surface area contributed by atoms with Crippen molar-refractivity contribution in [1.82, 2.24) is 10.2 Å². The first-order chi connectivity index (χ1) is 10.6. The molecule has 0 bridgehead atoms. The zero-order valence-electron chi connectivity index (χ0n) is 13.0. The maximum absolute atomic E-state index is 12.9. The van der Waals surface area contributed by atoms with Crippen LogP contribution in [0.25, 0.3) is 0 Å². The molecule has 1 aromatic rings. The third-order valence-corrected chi connectivity index (χ3v) is 4.66. The van der Waals surface area contributed by atoms with E-state index in [1.54, 1.807) is 12.1 Å². The molecule has 1 aromatic carbocycles. The van der Waals surface area contributed by atoms with E-state index >= 15 is 0 Å². The highest BCUT2D eigenvalue weighted by atomic mass is 35.5. The zero-order valence-corrected chi connectivity index (χ0v) is 13.8. The van der Waals surface area contributed by atoms with Crippen molar-refractivity contribution in [2.75, 3.05) is 19.6 Å². The number of carbonyl (C=O) groups is 2. The van der Waals surface area contributed by atoms with Crippen LogP contribution in [-0.4, -0.2) is 36.3 Å². The van der Waals surface area contributed by atoms with Crippen LogP contribution < -0.4 is 5.32 Å². The second kappa shape index (κ2) is 7.88. The van der Waals surface area contributed by atoms with Gasteiger partial charge in [0.15, 0.2) is 0 Å². The second-order valence-electron chi connectivity index (χ2n) is 6.26. The van der Waals surface area contributed by atoms with Crippen LogP contribution in [0.3, 0.4) is 0 Å². The number of nitrogens with zero attached hydrogens (tertiary/aromatic N) is 1. The number of benzene rings is 1. The summed E-state index contributed by atoms with van der Waals surface area (Å²) in [6.07, 6.45) is 2.79. The number of imide groups is 1. The molecule has 2 amide bonds. The lowest BCUT2D eigenvalue weighted by molar-refractivity contribution is -0.139. The smallest absolute Gasteiger partial charge is 0.233 e. The maximum atomic E-state index is 12.9. The summed E-state index contributed by atoms with van der Waals surface area (Å²) < 4.78 is 12.9. The van der Waals surface area contributed by atoms with Crippen LogP contribution in [0.4, 0.5) is 4.39 Å². The Bertz CT molecular complexity index is 558. The molecule has 126 valence electrons. The minimum absolute atomic E-state index is 0. The molecule has 0 saturated carbocycles. The van der Waals surface area contributed by atoms with Crippen LogP contribution in [-0.2, 0) is 16.0 Å². The highest BCUT2D eigenvalue weighted by Crippen LogP contribution is 2.25. The standard InChI is InChI=1S/C17H21FN2O2.ClH/c18-15-3-1-12(2-4-15)9-14-10-16(21)20(17(14)22)8-6-13-5-7-19-11-13;/h1-4,13-14,19H,5-11H2;1H. The normalized spacial score (nSPS) is 24.1. The van der Waals surface area contributed by atoms with Crippen LogP contribution >= 0.6 is 12.4 Å². The molecule has 1 N–H and O–H groups in total. The van der Waals surface area contributed by atoms with Crippen molar-refractivity contribution in [1.29, 1.82) is 0 Å². The Morgan fingerprint density at radius 3 is 2.61 bits per heavy atom. The summed E-state index contributed by atoms with van der Waals surface area (Å²) in [6.45, 7) is 2.54. The van der Waals surface area contributed by atoms with E-state index in [2.05, 4.69) is 5.32 Å². The summed E-state index contributed by atoms with van der Waals surface area (Å²) in [5.74, 6) is -0.149. The molecule has 2 atom stereocenters. The molecule has 2 unspecified atom stereocenters. The topological polar surface area (TPSA) is 49.4 Å². The van der Waals surface area contributed by atoms with Crippen molar-refractivity contribution in [3.63, 3.8) is 0 Å². The third kappa shape index (κ3) is 4.30. The van der Waals surface area contributed by atoms with Gasteiger partial charge in [0.25, 0.3) is 0 Å². The van der Waals surface area contributed by atoms with E-state index in [9.17, 15) is 14.0 Å². The Balaban J connectivity index is 0.00000192. The fourth-order valence-electron chi connectivity index (χ4n) is 3.32. The quantitative estimate of drug-likeness (QED) is 0.836. The van der Waals surface area contributed by atoms with Gasteiger partial charge in [0.1, 0.15) is 5.82 Å². The molecular formula is C17H22ClFN2O2. The van der Waals surface area contributed by atoms with Crippen molar-refractivity contribution in [2.45, 2.75) is 25.7 Å². The Morgan fingerprint density at radius 1 is 1.22 bits per heavy atom. The lowest BCUT2D eigenvalue weighted by atomic mass is 9.98. The fourth-order valence-corrected chi connectivity index (χ4v) is 3.32. The summed E-state index contributed by atoms with van der Waals surface area (Å²) >= 11 is 0. The Labute approximate surface area is 141 Å². The summed E-state index contributed by atoms with van der Waals surface area (Å²) in [4.78, 5) is 25.9. The molecule has 3 rings (SSSR count). The monoisotopic (exact) mass is 340 g/mol. The lowest BCUT2D eigenvalue weighted by Gasteiger charge is -2.17. The number of amides is 2. The number of nitrogens with one attached hydrogen (secondary N) is 1. The van der Waals surface area contributed by atoms with Crippen molar-refractivity contribution in [2.24, 2.45) is 11.8 Å². The predicted molar refractivity (Wildman–Crippen MR) is 87.8 cm³/mol. The number of hydrogen-bond acceptors (Lipinski definition) is 3.